The predicted molar refractivity (Wildman–Crippen MR) is 42.0 cm³/mol. The number of likely N-dealkylation sites (N-methyl/N-ethyl adjacent to an activating group) is 1. The van der Waals surface area contributed by atoms with Crippen molar-refractivity contribution in [2.24, 2.45) is 4.99 Å². The van der Waals surface area contributed by atoms with E-state index in [2.05, 4.69) is 16.8 Å². The lowest BCUT2D eigenvalue weighted by atomic mass is 10.4. The SMILES string of the molecule is CCN1CCOC(N=C=N)C1. The van der Waals surface area contributed by atoms with Crippen LogP contribution in [0.2, 0.25) is 0 Å². The van der Waals surface area contributed by atoms with E-state index in [9.17, 15) is 0 Å². The van der Waals surface area contributed by atoms with E-state index in [0.29, 0.717) is 6.61 Å². The van der Waals surface area contributed by atoms with E-state index >= 15 is 0 Å². The van der Waals surface area contributed by atoms with Crippen LogP contribution in [0, 0.1) is 5.41 Å². The Morgan fingerprint density at radius 2 is 2.64 bits per heavy atom. The summed E-state index contributed by atoms with van der Waals surface area (Å²) in [5.74, 6) is 0. The molecule has 0 spiro atoms. The van der Waals surface area contributed by atoms with Crippen LogP contribution in [0.3, 0.4) is 0 Å². The maximum atomic E-state index is 6.65. The molecule has 1 unspecified atom stereocenters. The Morgan fingerprint density at radius 1 is 1.82 bits per heavy atom. The second-order valence-corrected chi connectivity index (χ2v) is 2.46. The summed E-state index contributed by atoms with van der Waals surface area (Å²) in [6.07, 6.45) is -0.166. The van der Waals surface area contributed by atoms with Crippen LogP contribution in [0.5, 0.6) is 0 Å². The van der Waals surface area contributed by atoms with Crippen molar-refractivity contribution in [1.29, 1.82) is 5.41 Å². The molecule has 1 aliphatic rings. The van der Waals surface area contributed by atoms with E-state index in [1.807, 2.05) is 6.01 Å². The minimum Gasteiger partial charge on any atom is -0.353 e. The molecule has 0 amide bonds. The molecule has 0 aliphatic carbocycles. The standard InChI is InChI=1S/C7H13N3O/c1-2-10-3-4-11-7(5-10)9-6-8/h7-8H,2-5H2,1H3. The lowest BCUT2D eigenvalue weighted by Gasteiger charge is -2.28. The van der Waals surface area contributed by atoms with Gasteiger partial charge in [-0.1, -0.05) is 6.92 Å². The predicted octanol–water partition coefficient (Wildman–Crippen LogP) is 0.417. The molecule has 1 rings (SSSR count). The van der Waals surface area contributed by atoms with Gasteiger partial charge in [0.15, 0.2) is 6.23 Å². The summed E-state index contributed by atoms with van der Waals surface area (Å²) >= 11 is 0. The molecular weight excluding hydrogens is 142 g/mol. The van der Waals surface area contributed by atoms with Crippen LogP contribution in [0.15, 0.2) is 4.99 Å². The summed E-state index contributed by atoms with van der Waals surface area (Å²) in [4.78, 5) is 5.98. The first-order chi connectivity index (χ1) is 5.36. The first-order valence-corrected chi connectivity index (χ1v) is 3.82. The molecule has 1 fully saturated rings. The maximum absolute atomic E-state index is 6.65. The number of hydrogen-bond donors (Lipinski definition) is 1. The molecule has 4 heteroatoms. The summed E-state index contributed by atoms with van der Waals surface area (Å²) in [5.41, 5.74) is 0. The van der Waals surface area contributed by atoms with E-state index in [0.717, 1.165) is 19.6 Å². The summed E-state index contributed by atoms with van der Waals surface area (Å²) in [5, 5.41) is 6.65. The van der Waals surface area contributed by atoms with Crippen molar-refractivity contribution in [2.75, 3.05) is 26.2 Å². The fraction of sp³-hybridized carbons (Fsp3) is 0.857. The molecule has 0 bridgehead atoms. The van der Waals surface area contributed by atoms with Gasteiger partial charge >= 0.3 is 0 Å². The molecule has 4 nitrogen and oxygen atoms in total. The van der Waals surface area contributed by atoms with Gasteiger partial charge in [0.1, 0.15) is 0 Å². The zero-order valence-electron chi connectivity index (χ0n) is 6.71. The van der Waals surface area contributed by atoms with E-state index in [1.54, 1.807) is 0 Å². The smallest absolute Gasteiger partial charge is 0.171 e. The van der Waals surface area contributed by atoms with Gasteiger partial charge in [-0.3, -0.25) is 4.90 Å². The molecule has 1 heterocycles. The van der Waals surface area contributed by atoms with Gasteiger partial charge < -0.3 is 4.74 Å². The van der Waals surface area contributed by atoms with Crippen LogP contribution in [-0.2, 0) is 4.74 Å². The summed E-state index contributed by atoms with van der Waals surface area (Å²) in [7, 11) is 0. The Bertz CT molecular complexity index is 165. The highest BCUT2D eigenvalue weighted by Gasteiger charge is 2.17. The number of nitrogens with zero attached hydrogens (tertiary/aromatic N) is 2. The van der Waals surface area contributed by atoms with Crippen molar-refractivity contribution in [3.8, 4) is 0 Å². The summed E-state index contributed by atoms with van der Waals surface area (Å²) in [6, 6.07) is 2.01. The molecule has 0 aromatic heterocycles. The van der Waals surface area contributed by atoms with Crippen molar-refractivity contribution >= 4 is 6.01 Å². The molecule has 1 atom stereocenters. The quantitative estimate of drug-likeness (QED) is 0.587. The highest BCUT2D eigenvalue weighted by molar-refractivity contribution is 5.36. The van der Waals surface area contributed by atoms with E-state index in [1.165, 1.54) is 0 Å². The van der Waals surface area contributed by atoms with Crippen molar-refractivity contribution in [1.82, 2.24) is 4.90 Å². The molecule has 1 saturated heterocycles. The minimum atomic E-state index is -0.166. The van der Waals surface area contributed by atoms with Gasteiger partial charge in [0.25, 0.3) is 0 Å². The Balaban J connectivity index is 2.38. The molecule has 1 aliphatic heterocycles. The average Bonchev–Trinajstić information content (AvgIpc) is 2.06. The first kappa shape index (κ1) is 8.40. The Labute approximate surface area is 66.4 Å². The Morgan fingerprint density at radius 3 is 3.27 bits per heavy atom. The van der Waals surface area contributed by atoms with Gasteiger partial charge in [-0.05, 0) is 6.54 Å². The number of rotatable bonds is 2. The fourth-order valence-electron chi connectivity index (χ4n) is 1.12. The van der Waals surface area contributed by atoms with Gasteiger partial charge in [0, 0.05) is 13.1 Å². The number of hydrogen-bond acceptors (Lipinski definition) is 4. The normalized spacial score (nSPS) is 26.1. The summed E-state index contributed by atoms with van der Waals surface area (Å²) in [6.45, 7) is 5.61. The molecule has 1 N–H and O–H groups in total. The Hall–Kier alpha value is -0.700. The van der Waals surface area contributed by atoms with Crippen molar-refractivity contribution in [2.45, 2.75) is 13.2 Å². The van der Waals surface area contributed by atoms with Gasteiger partial charge in [-0.25, -0.2) is 5.41 Å². The minimum absolute atomic E-state index is 0.166. The van der Waals surface area contributed by atoms with Gasteiger partial charge in [0.2, 0.25) is 0 Å². The zero-order valence-corrected chi connectivity index (χ0v) is 6.71. The lowest BCUT2D eigenvalue weighted by molar-refractivity contribution is -0.0209. The average molecular weight is 155 g/mol. The van der Waals surface area contributed by atoms with E-state index < -0.39 is 0 Å². The fourth-order valence-corrected chi connectivity index (χ4v) is 1.12. The van der Waals surface area contributed by atoms with Crippen LogP contribution in [0.1, 0.15) is 6.92 Å². The molecule has 11 heavy (non-hydrogen) atoms. The van der Waals surface area contributed by atoms with E-state index in [4.69, 9.17) is 10.1 Å². The number of morpholine rings is 1. The van der Waals surface area contributed by atoms with Gasteiger partial charge in [-0.15, -0.1) is 0 Å². The second-order valence-electron chi connectivity index (χ2n) is 2.46. The number of aliphatic imine (C=N–C) groups is 1. The second kappa shape index (κ2) is 4.23. The van der Waals surface area contributed by atoms with Crippen molar-refractivity contribution in [3.05, 3.63) is 0 Å². The number of ether oxygens (including phenoxy) is 1. The first-order valence-electron chi connectivity index (χ1n) is 3.82. The zero-order chi connectivity index (χ0) is 8.10. The number of nitrogens with one attached hydrogen (secondary N) is 1. The van der Waals surface area contributed by atoms with Crippen LogP contribution in [0.25, 0.3) is 0 Å². The Kier molecular flexibility index (Phi) is 3.23. The lowest BCUT2D eigenvalue weighted by Crippen LogP contribution is -2.41. The largest absolute Gasteiger partial charge is 0.353 e. The third-order valence-electron chi connectivity index (χ3n) is 1.79. The third kappa shape index (κ3) is 2.42. The highest BCUT2D eigenvalue weighted by atomic mass is 16.5. The molecule has 0 radical (unpaired) electrons. The van der Waals surface area contributed by atoms with Crippen LogP contribution in [0.4, 0.5) is 0 Å². The highest BCUT2D eigenvalue weighted by Crippen LogP contribution is 2.04. The van der Waals surface area contributed by atoms with Crippen molar-refractivity contribution in [3.63, 3.8) is 0 Å². The summed E-state index contributed by atoms with van der Waals surface area (Å²) < 4.78 is 5.26. The maximum Gasteiger partial charge on any atom is 0.171 e. The molecule has 0 aromatic rings. The molecule has 0 saturated carbocycles. The molecular formula is C7H13N3O. The van der Waals surface area contributed by atoms with Crippen LogP contribution >= 0.6 is 0 Å². The third-order valence-corrected chi connectivity index (χ3v) is 1.79. The van der Waals surface area contributed by atoms with Crippen LogP contribution < -0.4 is 0 Å². The monoisotopic (exact) mass is 155 g/mol. The van der Waals surface area contributed by atoms with Crippen LogP contribution in [-0.4, -0.2) is 43.4 Å². The van der Waals surface area contributed by atoms with Crippen molar-refractivity contribution < 1.29 is 4.74 Å². The topological polar surface area (TPSA) is 48.7 Å². The molecule has 62 valence electrons. The molecule has 0 aromatic carbocycles. The van der Waals surface area contributed by atoms with Gasteiger partial charge in [0.05, 0.1) is 12.6 Å². The van der Waals surface area contributed by atoms with E-state index in [-0.39, 0.29) is 6.23 Å². The van der Waals surface area contributed by atoms with Gasteiger partial charge in [-0.2, -0.15) is 4.99 Å².